The lowest BCUT2D eigenvalue weighted by atomic mass is 9.85. The zero-order valence-electron chi connectivity index (χ0n) is 11.5. The third kappa shape index (κ3) is 3.92. The van der Waals surface area contributed by atoms with E-state index in [9.17, 15) is 9.59 Å². The van der Waals surface area contributed by atoms with E-state index in [4.69, 9.17) is 0 Å². The van der Waals surface area contributed by atoms with E-state index in [0.717, 1.165) is 20.4 Å². The molecule has 1 fully saturated rings. The summed E-state index contributed by atoms with van der Waals surface area (Å²) < 4.78 is 1.73. The Morgan fingerprint density at radius 1 is 1.40 bits per heavy atom. The summed E-state index contributed by atoms with van der Waals surface area (Å²) in [5.74, 6) is 0.0845. The van der Waals surface area contributed by atoms with Crippen molar-refractivity contribution in [3.8, 4) is 0 Å². The zero-order chi connectivity index (χ0) is 14.9. The number of halogens is 2. The molecule has 0 spiro atoms. The number of rotatable bonds is 3. The van der Waals surface area contributed by atoms with Crippen LogP contribution in [0, 0.1) is 5.41 Å². The topological polar surface area (TPSA) is 37.4 Å². The van der Waals surface area contributed by atoms with Crippen LogP contribution in [0.25, 0.3) is 0 Å². The van der Waals surface area contributed by atoms with Crippen LogP contribution in [0.3, 0.4) is 0 Å². The van der Waals surface area contributed by atoms with Crippen molar-refractivity contribution in [1.29, 1.82) is 0 Å². The van der Waals surface area contributed by atoms with Crippen molar-refractivity contribution in [3.63, 3.8) is 0 Å². The number of hydrogen-bond donors (Lipinski definition) is 0. The minimum atomic E-state index is -0.00752. The van der Waals surface area contributed by atoms with Gasteiger partial charge in [-0.15, -0.1) is 11.3 Å². The first-order valence-corrected chi connectivity index (χ1v) is 8.94. The highest BCUT2D eigenvalue weighted by atomic mass is 79.9. The summed E-state index contributed by atoms with van der Waals surface area (Å²) in [5, 5.41) is 0. The Labute approximate surface area is 140 Å². The molecule has 1 saturated heterocycles. The molecule has 110 valence electrons. The number of carbonyl (C=O) groups is 2. The molecule has 0 unspecified atom stereocenters. The van der Waals surface area contributed by atoms with Crippen molar-refractivity contribution in [3.05, 3.63) is 19.2 Å². The lowest BCUT2D eigenvalue weighted by Crippen LogP contribution is -2.35. The number of likely N-dealkylation sites (tertiary alicyclic amines) is 1. The second kappa shape index (κ2) is 6.28. The van der Waals surface area contributed by atoms with E-state index in [1.165, 1.54) is 11.3 Å². The van der Waals surface area contributed by atoms with Crippen LogP contribution in [-0.4, -0.2) is 29.7 Å². The smallest absolute Gasteiger partial charge is 0.222 e. The number of carbonyl (C=O) groups excluding carboxylic acids is 2. The molecule has 1 aliphatic heterocycles. The van der Waals surface area contributed by atoms with Gasteiger partial charge in [0.25, 0.3) is 0 Å². The predicted octanol–water partition coefficient (Wildman–Crippen LogP) is 4.49. The Morgan fingerprint density at radius 3 is 2.70 bits per heavy atom. The maximum absolute atomic E-state index is 12.3. The van der Waals surface area contributed by atoms with Crippen LogP contribution in [-0.2, 0) is 4.79 Å². The maximum atomic E-state index is 12.3. The molecule has 6 heteroatoms. The van der Waals surface area contributed by atoms with E-state index in [1.54, 1.807) is 4.90 Å². The maximum Gasteiger partial charge on any atom is 0.222 e. The number of Topliss-reactive ketones (excluding diaryl/α,β-unsaturated/α-hetero) is 1. The fraction of sp³-hybridized carbons (Fsp3) is 0.571. The molecular formula is C14H17Br2NO2S. The van der Waals surface area contributed by atoms with Gasteiger partial charge in [0.2, 0.25) is 5.91 Å². The SMILES string of the molecule is CC1(C)CCC(=O)N(CC(=O)c2cc(Br)sc2Br)CC1. The molecule has 0 bridgehead atoms. The van der Waals surface area contributed by atoms with Crippen molar-refractivity contribution in [1.82, 2.24) is 4.90 Å². The monoisotopic (exact) mass is 421 g/mol. The van der Waals surface area contributed by atoms with Gasteiger partial charge in [0.05, 0.1) is 14.1 Å². The molecule has 2 heterocycles. The van der Waals surface area contributed by atoms with Crippen LogP contribution in [0.5, 0.6) is 0 Å². The molecule has 0 aromatic carbocycles. The summed E-state index contributed by atoms with van der Waals surface area (Å²) in [6.07, 6.45) is 2.37. The summed E-state index contributed by atoms with van der Waals surface area (Å²) in [4.78, 5) is 26.1. The minimum absolute atomic E-state index is 0.00752. The van der Waals surface area contributed by atoms with E-state index in [2.05, 4.69) is 45.7 Å². The number of amides is 1. The van der Waals surface area contributed by atoms with Crippen LogP contribution < -0.4 is 0 Å². The number of thiophene rings is 1. The molecule has 1 aromatic rings. The average molecular weight is 423 g/mol. The first kappa shape index (κ1) is 16.2. The standard InChI is InChI=1S/C14H17Br2NO2S/c1-14(2)4-3-12(19)17(6-5-14)8-10(18)9-7-11(15)20-13(9)16/h7H,3-6,8H2,1-2H3. The predicted molar refractivity (Wildman–Crippen MR) is 88.3 cm³/mol. The lowest BCUT2D eigenvalue weighted by Gasteiger charge is -2.23. The van der Waals surface area contributed by atoms with Crippen molar-refractivity contribution >= 4 is 54.9 Å². The summed E-state index contributed by atoms with van der Waals surface area (Å²) in [7, 11) is 0. The van der Waals surface area contributed by atoms with Crippen LogP contribution in [0.2, 0.25) is 0 Å². The lowest BCUT2D eigenvalue weighted by molar-refractivity contribution is -0.130. The van der Waals surface area contributed by atoms with E-state index in [0.29, 0.717) is 18.5 Å². The number of hydrogen-bond acceptors (Lipinski definition) is 3. The zero-order valence-corrected chi connectivity index (χ0v) is 15.5. The molecule has 0 radical (unpaired) electrons. The third-order valence-corrected chi connectivity index (χ3v) is 6.06. The molecule has 20 heavy (non-hydrogen) atoms. The molecule has 1 amide bonds. The Hall–Kier alpha value is -0.200. The molecule has 1 aliphatic rings. The highest BCUT2D eigenvalue weighted by Crippen LogP contribution is 2.33. The third-order valence-electron chi connectivity index (χ3n) is 3.72. The van der Waals surface area contributed by atoms with E-state index >= 15 is 0 Å². The van der Waals surface area contributed by atoms with Gasteiger partial charge in [0.15, 0.2) is 5.78 Å². The van der Waals surface area contributed by atoms with Crippen molar-refractivity contribution in [2.24, 2.45) is 5.41 Å². The molecule has 3 nitrogen and oxygen atoms in total. The van der Waals surface area contributed by atoms with Crippen molar-refractivity contribution < 1.29 is 9.59 Å². The molecule has 0 N–H and O–H groups in total. The second-order valence-electron chi connectivity index (χ2n) is 5.89. The van der Waals surface area contributed by atoms with Crippen LogP contribution in [0.15, 0.2) is 13.6 Å². The quantitative estimate of drug-likeness (QED) is 0.672. The number of ketones is 1. The molecule has 0 aliphatic carbocycles. The van der Waals surface area contributed by atoms with Gasteiger partial charge in [-0.3, -0.25) is 9.59 Å². The van der Waals surface area contributed by atoms with Crippen molar-refractivity contribution in [2.45, 2.75) is 33.1 Å². The number of nitrogens with zero attached hydrogens (tertiary/aromatic N) is 1. The van der Waals surface area contributed by atoms with Gasteiger partial charge in [-0.05, 0) is 56.2 Å². The van der Waals surface area contributed by atoms with E-state index in [1.807, 2.05) is 6.07 Å². The average Bonchev–Trinajstić information content (AvgIpc) is 2.64. The van der Waals surface area contributed by atoms with E-state index < -0.39 is 0 Å². The van der Waals surface area contributed by atoms with Crippen LogP contribution >= 0.6 is 43.2 Å². The molecular weight excluding hydrogens is 406 g/mol. The first-order chi connectivity index (χ1) is 9.28. The van der Waals surface area contributed by atoms with Gasteiger partial charge in [-0.25, -0.2) is 0 Å². The summed E-state index contributed by atoms with van der Waals surface area (Å²) >= 11 is 8.24. The molecule has 2 rings (SSSR count). The summed E-state index contributed by atoms with van der Waals surface area (Å²) in [6, 6.07) is 1.81. The van der Waals surface area contributed by atoms with Gasteiger partial charge >= 0.3 is 0 Å². The Morgan fingerprint density at radius 2 is 2.10 bits per heavy atom. The fourth-order valence-corrected chi connectivity index (χ4v) is 5.10. The van der Waals surface area contributed by atoms with Gasteiger partial charge < -0.3 is 4.90 Å². The molecule has 0 saturated carbocycles. The minimum Gasteiger partial charge on any atom is -0.335 e. The highest BCUT2D eigenvalue weighted by Gasteiger charge is 2.29. The highest BCUT2D eigenvalue weighted by molar-refractivity contribution is 9.12. The van der Waals surface area contributed by atoms with E-state index in [-0.39, 0.29) is 23.7 Å². The van der Waals surface area contributed by atoms with Gasteiger partial charge in [-0.1, -0.05) is 13.8 Å². The summed E-state index contributed by atoms with van der Waals surface area (Å²) in [5.41, 5.74) is 0.831. The van der Waals surface area contributed by atoms with Gasteiger partial charge in [0.1, 0.15) is 0 Å². The second-order valence-corrected chi connectivity index (χ2v) is 9.64. The molecule has 0 atom stereocenters. The Kier molecular flexibility index (Phi) is 5.08. The Bertz CT molecular complexity index is 539. The fourth-order valence-electron chi connectivity index (χ4n) is 2.25. The van der Waals surface area contributed by atoms with Gasteiger partial charge in [-0.2, -0.15) is 0 Å². The normalized spacial score (nSPS) is 19.0. The first-order valence-electron chi connectivity index (χ1n) is 6.54. The largest absolute Gasteiger partial charge is 0.335 e. The van der Waals surface area contributed by atoms with Gasteiger partial charge in [0, 0.05) is 18.5 Å². The van der Waals surface area contributed by atoms with Crippen LogP contribution in [0.1, 0.15) is 43.5 Å². The molecule has 1 aromatic heterocycles. The summed E-state index contributed by atoms with van der Waals surface area (Å²) in [6.45, 7) is 5.20. The van der Waals surface area contributed by atoms with Crippen molar-refractivity contribution in [2.75, 3.05) is 13.1 Å². The van der Waals surface area contributed by atoms with Crippen LogP contribution in [0.4, 0.5) is 0 Å². The Balaban J connectivity index is 2.07.